The van der Waals surface area contributed by atoms with E-state index in [0.29, 0.717) is 22.4 Å². The van der Waals surface area contributed by atoms with Crippen molar-refractivity contribution < 1.29 is 15.1 Å². The van der Waals surface area contributed by atoms with Gasteiger partial charge in [0, 0.05) is 58.8 Å². The van der Waals surface area contributed by atoms with Gasteiger partial charge in [0.25, 0.3) is 0 Å². The van der Waals surface area contributed by atoms with Gasteiger partial charge in [-0.2, -0.15) is 0 Å². The molecule has 0 saturated heterocycles. The van der Waals surface area contributed by atoms with E-state index in [1.807, 2.05) is 60.7 Å². The largest absolute Gasteiger partial charge is 0.309 e. The zero-order chi connectivity index (χ0) is 42.6. The Morgan fingerprint density at radius 3 is 1.88 bits per heavy atom. The predicted octanol–water partition coefficient (Wildman–Crippen LogP) is 12.0. The van der Waals surface area contributed by atoms with Crippen LogP contribution in [-0.2, 0) is 0 Å². The van der Waals surface area contributed by atoms with Gasteiger partial charge in [0.05, 0.1) is 31.8 Å². The molecule has 0 N–H and O–H groups in total. The number of rotatable bonds is 5. The van der Waals surface area contributed by atoms with E-state index in [1.54, 1.807) is 40.2 Å². The Labute approximate surface area is 308 Å². The molecule has 0 saturated carbocycles. The van der Waals surface area contributed by atoms with Crippen LogP contribution < -0.4 is 0 Å². The van der Waals surface area contributed by atoms with Crippen LogP contribution in [0.15, 0.2) is 170 Å². The molecule has 0 unspecified atom stereocenters. The molecule has 0 aliphatic carbocycles. The SMILES string of the molecule is [2H]c1cc([2H])c2c(c1[2H])c1c([2H])c([2H])cc([2H])c1n2-c1ccc(-c2nc(-c3ccccc3)nc(-c3c([2H])c([2H])c([2H])c([2H])c3[2H])n2)cc1-c1cccc2c1sc1ccccc12. The van der Waals surface area contributed by atoms with E-state index in [9.17, 15) is 2.74 Å². The van der Waals surface area contributed by atoms with Crippen molar-refractivity contribution in [3.05, 3.63) is 170 Å². The Morgan fingerprint density at radius 2 is 1.12 bits per heavy atom. The van der Waals surface area contributed by atoms with Crippen LogP contribution in [0.1, 0.15) is 15.1 Å². The lowest BCUT2D eigenvalue weighted by Gasteiger charge is -2.17. The van der Waals surface area contributed by atoms with E-state index in [0.717, 1.165) is 25.7 Å². The molecular weight excluding hydrogens is 629 g/mol. The summed E-state index contributed by atoms with van der Waals surface area (Å²) >= 11 is 1.59. The second-order valence-electron chi connectivity index (χ2n) is 11.6. The molecule has 4 nitrogen and oxygen atoms in total. The summed E-state index contributed by atoms with van der Waals surface area (Å²) in [6.45, 7) is 0. The van der Waals surface area contributed by atoms with Crippen LogP contribution in [0.2, 0.25) is 0 Å². The predicted molar refractivity (Wildman–Crippen MR) is 209 cm³/mol. The molecule has 0 aliphatic heterocycles. The highest BCUT2D eigenvalue weighted by Crippen LogP contribution is 2.44. The third kappa shape index (κ3) is 4.63. The lowest BCUT2D eigenvalue weighted by atomic mass is 9.98. The summed E-state index contributed by atoms with van der Waals surface area (Å²) in [6.07, 6.45) is 0. The first-order chi connectivity index (χ1) is 29.3. The summed E-state index contributed by atoms with van der Waals surface area (Å²) in [5.74, 6) is 0.214. The summed E-state index contributed by atoms with van der Waals surface area (Å²) in [7, 11) is 0. The van der Waals surface area contributed by atoms with Crippen molar-refractivity contribution in [2.75, 3.05) is 0 Å². The Kier molecular flexibility index (Phi) is 4.54. The van der Waals surface area contributed by atoms with Crippen LogP contribution in [0.3, 0.4) is 0 Å². The number of benzene rings is 7. The fourth-order valence-corrected chi connectivity index (χ4v) is 7.73. The molecule has 7 aromatic carbocycles. The third-order valence-corrected chi connectivity index (χ3v) is 9.93. The summed E-state index contributed by atoms with van der Waals surface area (Å²) < 4.78 is 99.6. The van der Waals surface area contributed by atoms with Gasteiger partial charge >= 0.3 is 0 Å². The van der Waals surface area contributed by atoms with Crippen molar-refractivity contribution in [3.63, 3.8) is 0 Å². The van der Waals surface area contributed by atoms with Gasteiger partial charge in [-0.05, 0) is 36.4 Å². The maximum absolute atomic E-state index is 9.18. The van der Waals surface area contributed by atoms with Crippen LogP contribution >= 0.6 is 11.3 Å². The van der Waals surface area contributed by atoms with Gasteiger partial charge in [-0.3, -0.25) is 0 Å². The van der Waals surface area contributed by atoms with Gasteiger partial charge < -0.3 is 4.57 Å². The van der Waals surface area contributed by atoms with E-state index in [4.69, 9.17) is 22.3 Å². The van der Waals surface area contributed by atoms with Crippen LogP contribution in [0, 0.1) is 0 Å². The molecular formula is C45H28N4S. The minimum absolute atomic E-state index is 0.0964. The molecule has 0 spiro atoms. The molecule has 10 aromatic rings. The van der Waals surface area contributed by atoms with Gasteiger partial charge in [0.15, 0.2) is 17.5 Å². The maximum Gasteiger partial charge on any atom is 0.164 e. The lowest BCUT2D eigenvalue weighted by molar-refractivity contribution is 1.07. The third-order valence-electron chi connectivity index (χ3n) is 8.71. The van der Waals surface area contributed by atoms with Gasteiger partial charge in [-0.1, -0.05) is 133 Å². The van der Waals surface area contributed by atoms with E-state index >= 15 is 0 Å². The number of hydrogen-bond donors (Lipinski definition) is 0. The molecule has 0 aliphatic rings. The summed E-state index contributed by atoms with van der Waals surface area (Å²) in [5, 5.41) is 2.30. The Bertz CT molecular complexity index is 3410. The van der Waals surface area contributed by atoms with Crippen molar-refractivity contribution >= 4 is 53.3 Å². The standard InChI is InChI=1S/C45H28N4S/c1-3-14-29(15-4-1)43-46-44(30-16-5-2-6-17-30)48-45(47-43)31-26-27-40(49-38-23-10-7-18-32(38)33-19-8-11-24-39(33)49)37(28-31)36-22-13-21-35-34-20-9-12-25-41(34)50-42(35)36/h1-28H/i1D,3D,4D,7D,8D,14D,15D,18D,19D,23D,24D. The molecule has 0 radical (unpaired) electrons. The van der Waals surface area contributed by atoms with Gasteiger partial charge in [-0.25, -0.2) is 15.0 Å². The molecule has 0 bridgehead atoms. The monoisotopic (exact) mass is 667 g/mol. The topological polar surface area (TPSA) is 43.6 Å². The van der Waals surface area contributed by atoms with Crippen LogP contribution in [0.5, 0.6) is 0 Å². The first kappa shape index (κ1) is 19.5. The number of hydrogen-bond acceptors (Lipinski definition) is 4. The molecule has 3 heterocycles. The molecule has 0 amide bonds. The molecule has 0 fully saturated rings. The van der Waals surface area contributed by atoms with Gasteiger partial charge in [-0.15, -0.1) is 11.3 Å². The number of thiophene rings is 1. The Morgan fingerprint density at radius 1 is 0.460 bits per heavy atom. The highest BCUT2D eigenvalue weighted by atomic mass is 32.1. The molecule has 10 rings (SSSR count). The fourth-order valence-electron chi connectivity index (χ4n) is 6.50. The minimum Gasteiger partial charge on any atom is -0.309 e. The summed E-state index contributed by atoms with van der Waals surface area (Å²) in [6, 6.07) is 27.4. The quantitative estimate of drug-likeness (QED) is 0.183. The van der Waals surface area contributed by atoms with Crippen molar-refractivity contribution in [2.45, 2.75) is 0 Å². The number of aromatic nitrogens is 4. The number of fused-ring (bicyclic) bond motifs is 6. The summed E-state index contributed by atoms with van der Waals surface area (Å²) in [4.78, 5) is 14.3. The lowest BCUT2D eigenvalue weighted by Crippen LogP contribution is -2.02. The highest BCUT2D eigenvalue weighted by Gasteiger charge is 2.20. The fraction of sp³-hybridized carbons (Fsp3) is 0. The molecule has 5 heteroatoms. The van der Waals surface area contributed by atoms with Crippen molar-refractivity contribution in [1.82, 2.24) is 19.5 Å². The van der Waals surface area contributed by atoms with Gasteiger partial charge in [0.1, 0.15) is 0 Å². The second-order valence-corrected chi connectivity index (χ2v) is 12.6. The Balaban J connectivity index is 1.34. The molecule has 3 aromatic heterocycles. The van der Waals surface area contributed by atoms with Crippen LogP contribution in [-0.4, -0.2) is 19.5 Å². The highest BCUT2D eigenvalue weighted by molar-refractivity contribution is 7.26. The number of nitrogens with zero attached hydrogens (tertiary/aromatic N) is 4. The maximum atomic E-state index is 9.18. The number of para-hydroxylation sites is 2. The Hall–Kier alpha value is -6.43. The molecule has 234 valence electrons. The van der Waals surface area contributed by atoms with E-state index in [2.05, 4.69) is 11.1 Å². The van der Waals surface area contributed by atoms with Crippen molar-refractivity contribution in [2.24, 2.45) is 0 Å². The van der Waals surface area contributed by atoms with Crippen molar-refractivity contribution in [1.29, 1.82) is 0 Å². The van der Waals surface area contributed by atoms with Gasteiger partial charge in [0.2, 0.25) is 0 Å². The second kappa shape index (κ2) is 11.6. The minimum atomic E-state index is -0.545. The van der Waals surface area contributed by atoms with E-state index < -0.39 is 30.2 Å². The first-order valence-corrected chi connectivity index (χ1v) is 16.6. The van der Waals surface area contributed by atoms with E-state index in [1.165, 1.54) is 12.1 Å². The average molecular weight is 668 g/mol. The molecule has 50 heavy (non-hydrogen) atoms. The molecule has 0 atom stereocenters. The average Bonchev–Trinajstić information content (AvgIpc) is 3.84. The normalized spacial score (nSPS) is 14.7. The van der Waals surface area contributed by atoms with Crippen LogP contribution in [0.25, 0.3) is 93.0 Å². The first-order valence-electron chi connectivity index (χ1n) is 21.3. The van der Waals surface area contributed by atoms with Crippen LogP contribution in [0.4, 0.5) is 0 Å². The van der Waals surface area contributed by atoms with Crippen molar-refractivity contribution in [3.8, 4) is 51.0 Å². The summed E-state index contributed by atoms with van der Waals surface area (Å²) in [5.41, 5.74) is 3.14. The van der Waals surface area contributed by atoms with E-state index in [-0.39, 0.29) is 81.1 Å². The smallest absolute Gasteiger partial charge is 0.164 e. The zero-order valence-electron chi connectivity index (χ0n) is 37.0. The zero-order valence-corrected chi connectivity index (χ0v) is 26.8.